The van der Waals surface area contributed by atoms with Crippen molar-refractivity contribution in [3.8, 4) is 0 Å². The van der Waals surface area contributed by atoms with Gasteiger partial charge in [-0.15, -0.1) is 11.8 Å². The first-order valence-corrected chi connectivity index (χ1v) is 14.5. The van der Waals surface area contributed by atoms with Crippen LogP contribution in [0.1, 0.15) is 30.0 Å². The Balaban J connectivity index is 1.86. The van der Waals surface area contributed by atoms with E-state index >= 15 is 0 Å². The zero-order chi connectivity index (χ0) is 26.8. The van der Waals surface area contributed by atoms with E-state index in [1.807, 2.05) is 43.3 Å². The van der Waals surface area contributed by atoms with Crippen molar-refractivity contribution in [2.24, 2.45) is 0 Å². The maximum Gasteiger partial charge on any atom is 0.243 e. The fourth-order valence-corrected chi connectivity index (χ4v) is 5.37. The number of hydrogen-bond donors (Lipinski definition) is 1. The number of amides is 2. The number of benzene rings is 3. The van der Waals surface area contributed by atoms with Crippen LogP contribution in [-0.2, 0) is 28.3 Å². The van der Waals surface area contributed by atoms with Crippen molar-refractivity contribution >= 4 is 70.0 Å². The molecule has 0 saturated carbocycles. The Hall–Kier alpha value is -1.89. The van der Waals surface area contributed by atoms with E-state index in [2.05, 4.69) is 5.32 Å². The third-order valence-electron chi connectivity index (χ3n) is 5.65. The van der Waals surface area contributed by atoms with Gasteiger partial charge in [-0.05, 0) is 47.4 Å². The summed E-state index contributed by atoms with van der Waals surface area (Å²) < 4.78 is 0. The van der Waals surface area contributed by atoms with Gasteiger partial charge in [-0.2, -0.15) is 0 Å². The SMILES string of the molecule is CCCNC(=O)C(Cc1ccccc1)N(Cc1ccc(Cl)cc1Cl)C(=O)CSCc1ccc(Cl)c(Cl)c1. The van der Waals surface area contributed by atoms with Crippen molar-refractivity contribution in [3.63, 3.8) is 0 Å². The summed E-state index contributed by atoms with van der Waals surface area (Å²) in [6.45, 7) is 2.70. The molecule has 3 rings (SSSR count). The van der Waals surface area contributed by atoms with Gasteiger partial charge in [-0.3, -0.25) is 9.59 Å². The molecule has 196 valence electrons. The van der Waals surface area contributed by atoms with E-state index < -0.39 is 6.04 Å². The molecule has 1 N–H and O–H groups in total. The first-order chi connectivity index (χ1) is 17.8. The molecule has 9 heteroatoms. The Labute approximate surface area is 242 Å². The zero-order valence-corrected chi connectivity index (χ0v) is 24.2. The highest BCUT2D eigenvalue weighted by Crippen LogP contribution is 2.27. The molecular weight excluding hydrogens is 570 g/mol. The quantitative estimate of drug-likeness (QED) is 0.233. The molecule has 37 heavy (non-hydrogen) atoms. The van der Waals surface area contributed by atoms with Crippen LogP contribution in [0.3, 0.4) is 0 Å². The van der Waals surface area contributed by atoms with Gasteiger partial charge in [0.05, 0.1) is 15.8 Å². The van der Waals surface area contributed by atoms with Crippen molar-refractivity contribution in [1.82, 2.24) is 10.2 Å². The molecule has 0 aliphatic rings. The lowest BCUT2D eigenvalue weighted by Crippen LogP contribution is -2.51. The predicted molar refractivity (Wildman–Crippen MR) is 157 cm³/mol. The fourth-order valence-electron chi connectivity index (χ4n) is 3.72. The summed E-state index contributed by atoms with van der Waals surface area (Å²) >= 11 is 26.2. The van der Waals surface area contributed by atoms with Crippen molar-refractivity contribution in [2.45, 2.75) is 38.1 Å². The monoisotopic (exact) mass is 596 g/mol. The Bertz CT molecular complexity index is 1210. The second-order valence-electron chi connectivity index (χ2n) is 8.50. The summed E-state index contributed by atoms with van der Waals surface area (Å²) in [5.41, 5.74) is 2.64. The maximum atomic E-state index is 13.7. The summed E-state index contributed by atoms with van der Waals surface area (Å²) in [7, 11) is 0. The standard InChI is InChI=1S/C28H28Cl4N2O2S/c1-2-12-33-28(36)26(14-19-6-4-3-5-7-19)34(16-21-9-10-22(29)15-24(21)31)27(35)18-37-17-20-8-11-23(30)25(32)13-20/h3-11,13,15,26H,2,12,14,16-18H2,1H3,(H,33,36). The first kappa shape index (κ1) is 29.7. The molecule has 1 atom stereocenters. The van der Waals surface area contributed by atoms with E-state index in [1.54, 1.807) is 35.2 Å². The van der Waals surface area contributed by atoms with Gasteiger partial charge < -0.3 is 10.2 Å². The van der Waals surface area contributed by atoms with Gasteiger partial charge in [0.2, 0.25) is 11.8 Å². The molecule has 3 aromatic carbocycles. The molecule has 3 aromatic rings. The normalized spacial score (nSPS) is 11.7. The van der Waals surface area contributed by atoms with E-state index in [9.17, 15) is 9.59 Å². The van der Waals surface area contributed by atoms with E-state index in [4.69, 9.17) is 46.4 Å². The topological polar surface area (TPSA) is 49.4 Å². The zero-order valence-electron chi connectivity index (χ0n) is 20.4. The van der Waals surface area contributed by atoms with Crippen molar-refractivity contribution in [3.05, 3.63) is 104 Å². The third-order valence-corrected chi connectivity index (χ3v) is 7.97. The van der Waals surface area contributed by atoms with Gasteiger partial charge in [-0.25, -0.2) is 0 Å². The van der Waals surface area contributed by atoms with Crippen LogP contribution in [0, 0.1) is 0 Å². The van der Waals surface area contributed by atoms with E-state index in [0.717, 1.165) is 23.1 Å². The highest BCUT2D eigenvalue weighted by atomic mass is 35.5. The number of thioether (sulfide) groups is 1. The summed E-state index contributed by atoms with van der Waals surface area (Å²) in [5.74, 6) is 0.392. The van der Waals surface area contributed by atoms with Crippen molar-refractivity contribution in [1.29, 1.82) is 0 Å². The largest absolute Gasteiger partial charge is 0.354 e. The van der Waals surface area contributed by atoms with E-state index in [-0.39, 0.29) is 24.1 Å². The summed E-state index contributed by atoms with van der Waals surface area (Å²) in [4.78, 5) is 28.6. The van der Waals surface area contributed by atoms with Gasteiger partial charge in [0.15, 0.2) is 0 Å². The fraction of sp³-hybridized carbons (Fsp3) is 0.286. The molecule has 4 nitrogen and oxygen atoms in total. The molecule has 0 spiro atoms. The second kappa shape index (κ2) is 14.9. The molecule has 0 aliphatic carbocycles. The second-order valence-corrected chi connectivity index (χ2v) is 11.1. The molecule has 0 fully saturated rings. The minimum Gasteiger partial charge on any atom is -0.354 e. The average Bonchev–Trinajstić information content (AvgIpc) is 2.88. The molecule has 0 saturated heterocycles. The molecule has 1 unspecified atom stereocenters. The van der Waals surface area contributed by atoms with Crippen molar-refractivity contribution in [2.75, 3.05) is 12.3 Å². The van der Waals surface area contributed by atoms with Crippen LogP contribution in [0.15, 0.2) is 66.7 Å². The Kier molecular flexibility index (Phi) is 11.9. The number of nitrogens with zero attached hydrogens (tertiary/aromatic N) is 1. The van der Waals surface area contributed by atoms with Crippen LogP contribution in [0.2, 0.25) is 20.1 Å². The number of carbonyl (C=O) groups is 2. The number of halogens is 4. The lowest BCUT2D eigenvalue weighted by molar-refractivity contribution is -0.139. The molecule has 0 heterocycles. The van der Waals surface area contributed by atoms with E-state index in [0.29, 0.717) is 38.8 Å². The summed E-state index contributed by atoms with van der Waals surface area (Å²) in [6.07, 6.45) is 1.17. The highest BCUT2D eigenvalue weighted by molar-refractivity contribution is 7.99. The van der Waals surface area contributed by atoms with Crippen molar-refractivity contribution < 1.29 is 9.59 Å². The average molecular weight is 598 g/mol. The maximum absolute atomic E-state index is 13.7. The van der Waals surface area contributed by atoms with Gasteiger partial charge in [-0.1, -0.05) is 95.8 Å². The van der Waals surface area contributed by atoms with Crippen LogP contribution >= 0.6 is 58.2 Å². The molecule has 0 aliphatic heterocycles. The van der Waals surface area contributed by atoms with Crippen LogP contribution in [0.5, 0.6) is 0 Å². The molecule has 2 amide bonds. The van der Waals surface area contributed by atoms with Crippen LogP contribution in [0.4, 0.5) is 0 Å². The molecule has 0 bridgehead atoms. The van der Waals surface area contributed by atoms with Gasteiger partial charge in [0.25, 0.3) is 0 Å². The van der Waals surface area contributed by atoms with Gasteiger partial charge >= 0.3 is 0 Å². The number of rotatable bonds is 12. The molecule has 0 radical (unpaired) electrons. The smallest absolute Gasteiger partial charge is 0.243 e. The lowest BCUT2D eigenvalue weighted by atomic mass is 10.0. The Morgan fingerprint density at radius 3 is 2.32 bits per heavy atom. The molecular formula is C28H28Cl4N2O2S. The number of nitrogens with one attached hydrogen (secondary N) is 1. The Morgan fingerprint density at radius 2 is 1.65 bits per heavy atom. The minimum atomic E-state index is -0.709. The molecule has 0 aromatic heterocycles. The predicted octanol–water partition coefficient (Wildman–Crippen LogP) is 7.70. The van der Waals surface area contributed by atoms with Crippen LogP contribution in [0.25, 0.3) is 0 Å². The minimum absolute atomic E-state index is 0.163. The Morgan fingerprint density at radius 1 is 0.892 bits per heavy atom. The summed E-state index contributed by atoms with van der Waals surface area (Å²) in [5, 5.41) is 4.88. The number of carbonyl (C=O) groups excluding carboxylic acids is 2. The highest BCUT2D eigenvalue weighted by Gasteiger charge is 2.30. The van der Waals surface area contributed by atoms with E-state index in [1.165, 1.54) is 11.8 Å². The summed E-state index contributed by atoms with van der Waals surface area (Å²) in [6, 6.07) is 19.5. The first-order valence-electron chi connectivity index (χ1n) is 11.8. The number of hydrogen-bond acceptors (Lipinski definition) is 3. The van der Waals surface area contributed by atoms with Gasteiger partial charge in [0, 0.05) is 35.3 Å². The van der Waals surface area contributed by atoms with Crippen LogP contribution in [-0.4, -0.2) is 35.1 Å². The third kappa shape index (κ3) is 9.12. The lowest BCUT2D eigenvalue weighted by Gasteiger charge is -2.32. The van der Waals surface area contributed by atoms with Crippen LogP contribution < -0.4 is 5.32 Å². The van der Waals surface area contributed by atoms with Gasteiger partial charge in [0.1, 0.15) is 6.04 Å².